The van der Waals surface area contributed by atoms with E-state index in [1.807, 2.05) is 38.1 Å². The number of carbonyl (C=O) groups is 1. The van der Waals surface area contributed by atoms with Crippen molar-refractivity contribution in [2.45, 2.75) is 57.2 Å². The minimum absolute atomic E-state index is 0.163. The Morgan fingerprint density at radius 2 is 1.73 bits per heavy atom. The van der Waals surface area contributed by atoms with Crippen molar-refractivity contribution in [2.24, 2.45) is 0 Å². The molecule has 119 valence electrons. The first kappa shape index (κ1) is 17.0. The number of aliphatic hydroxyl groups is 1. The number of rotatable bonds is 6. The van der Waals surface area contributed by atoms with E-state index in [1.54, 1.807) is 21.3 Å². The van der Waals surface area contributed by atoms with Gasteiger partial charge in [0.05, 0.1) is 23.7 Å². The lowest BCUT2D eigenvalue weighted by Crippen LogP contribution is -2.49. The van der Waals surface area contributed by atoms with Crippen LogP contribution in [0, 0.1) is 0 Å². The molecule has 1 aromatic rings. The van der Waals surface area contributed by atoms with Gasteiger partial charge in [0.1, 0.15) is 0 Å². The van der Waals surface area contributed by atoms with Crippen molar-refractivity contribution in [3.05, 3.63) is 29.8 Å². The van der Waals surface area contributed by atoms with Crippen LogP contribution in [-0.4, -0.2) is 36.9 Å². The number of hydrogen-bond donors (Lipinski definition) is 1. The zero-order valence-electron chi connectivity index (χ0n) is 14.0. The molecule has 0 saturated heterocycles. The lowest BCUT2D eigenvalue weighted by molar-refractivity contribution is -0.143. The molecule has 1 fully saturated rings. The second-order valence-electron chi connectivity index (χ2n) is 7.00. The molecule has 0 spiro atoms. The third-order valence-electron chi connectivity index (χ3n) is 4.75. The van der Waals surface area contributed by atoms with Gasteiger partial charge in [-0.25, -0.2) is 0 Å². The number of esters is 1. The van der Waals surface area contributed by atoms with Gasteiger partial charge < -0.3 is 14.5 Å². The number of benzene rings is 1. The second kappa shape index (κ2) is 5.71. The van der Waals surface area contributed by atoms with E-state index < -0.39 is 16.6 Å². The lowest BCUT2D eigenvalue weighted by atomic mass is 9.81. The lowest BCUT2D eigenvalue weighted by Gasteiger charge is -2.37. The van der Waals surface area contributed by atoms with Crippen LogP contribution in [0.5, 0.6) is 0 Å². The topological polar surface area (TPSA) is 55.8 Å². The van der Waals surface area contributed by atoms with Gasteiger partial charge >= 0.3 is 13.5 Å². The van der Waals surface area contributed by atoms with Gasteiger partial charge in [0.25, 0.3) is 0 Å². The first-order valence-corrected chi connectivity index (χ1v) is 7.55. The molecule has 5 heteroatoms. The van der Waals surface area contributed by atoms with Gasteiger partial charge in [-0.2, -0.15) is 0 Å². The summed E-state index contributed by atoms with van der Waals surface area (Å²) in [4.78, 5) is 11.9. The van der Waals surface area contributed by atoms with E-state index in [2.05, 4.69) is 0 Å². The first-order chi connectivity index (χ1) is 10.1. The summed E-state index contributed by atoms with van der Waals surface area (Å²) >= 11 is 0. The van der Waals surface area contributed by atoms with Crippen LogP contribution in [0.3, 0.4) is 0 Å². The molecule has 1 N–H and O–H groups in total. The molecule has 4 nitrogen and oxygen atoms in total. The fraction of sp³-hybridized carbons (Fsp3) is 0.588. The normalized spacial score (nSPS) is 17.0. The van der Waals surface area contributed by atoms with Gasteiger partial charge in [0.15, 0.2) is 0 Å². The molecule has 1 aromatic carbocycles. The summed E-state index contributed by atoms with van der Waals surface area (Å²) in [5, 5.41) is 10.1. The molecule has 1 radical (unpaired) electrons. The molecule has 1 aliphatic carbocycles. The minimum Gasteiger partial charge on any atom is -0.468 e. The van der Waals surface area contributed by atoms with E-state index in [4.69, 9.17) is 9.39 Å². The van der Waals surface area contributed by atoms with E-state index in [-0.39, 0.29) is 5.97 Å². The number of carbonyl (C=O) groups excluding carboxylic acids is 1. The molecule has 0 unspecified atom stereocenters. The van der Waals surface area contributed by atoms with Crippen LogP contribution in [-0.2, 0) is 19.6 Å². The Morgan fingerprint density at radius 1 is 1.18 bits per heavy atom. The molecule has 0 aromatic heterocycles. The van der Waals surface area contributed by atoms with Crippen LogP contribution in [0.4, 0.5) is 0 Å². The van der Waals surface area contributed by atoms with Crippen LogP contribution in [0.2, 0.25) is 0 Å². The minimum atomic E-state index is -0.952. The molecule has 0 atom stereocenters. The van der Waals surface area contributed by atoms with E-state index in [0.717, 1.165) is 23.9 Å². The fourth-order valence-corrected chi connectivity index (χ4v) is 2.17. The average Bonchev–Trinajstić information content (AvgIpc) is 3.25. The van der Waals surface area contributed by atoms with Crippen LogP contribution < -0.4 is 5.46 Å². The van der Waals surface area contributed by atoms with Crippen molar-refractivity contribution in [3.8, 4) is 0 Å². The highest BCUT2D eigenvalue weighted by atomic mass is 16.5. The zero-order valence-corrected chi connectivity index (χ0v) is 14.0. The van der Waals surface area contributed by atoms with Crippen molar-refractivity contribution < 1.29 is 19.3 Å². The van der Waals surface area contributed by atoms with E-state index in [1.165, 1.54) is 7.11 Å². The van der Waals surface area contributed by atoms with Crippen LogP contribution >= 0.6 is 0 Å². The summed E-state index contributed by atoms with van der Waals surface area (Å²) in [6.45, 7) is 7.12. The second-order valence-corrected chi connectivity index (χ2v) is 7.00. The molecular formula is C17H24BO4. The van der Waals surface area contributed by atoms with Gasteiger partial charge in [0.2, 0.25) is 0 Å². The molecule has 1 aliphatic rings. The number of ether oxygens (including phenoxy) is 1. The van der Waals surface area contributed by atoms with Crippen molar-refractivity contribution >= 4 is 18.9 Å². The first-order valence-electron chi connectivity index (χ1n) is 7.55. The maximum absolute atomic E-state index is 11.9. The summed E-state index contributed by atoms with van der Waals surface area (Å²) in [7, 11) is 3.07. The molecule has 0 bridgehead atoms. The third kappa shape index (κ3) is 3.20. The third-order valence-corrected chi connectivity index (χ3v) is 4.75. The van der Waals surface area contributed by atoms with Gasteiger partial charge in [-0.3, -0.25) is 4.79 Å². The largest absolute Gasteiger partial charge is 0.468 e. The summed E-state index contributed by atoms with van der Waals surface area (Å²) in [5.74, 6) is -0.163. The fourth-order valence-electron chi connectivity index (χ4n) is 2.17. The molecule has 0 aliphatic heterocycles. The Labute approximate surface area is 133 Å². The monoisotopic (exact) mass is 303 g/mol. The molecule has 0 heterocycles. The summed E-state index contributed by atoms with van der Waals surface area (Å²) < 4.78 is 10.6. The van der Waals surface area contributed by atoms with Crippen molar-refractivity contribution in [3.63, 3.8) is 0 Å². The molecular weight excluding hydrogens is 279 g/mol. The molecule has 2 rings (SSSR count). The molecule has 22 heavy (non-hydrogen) atoms. The predicted octanol–water partition coefficient (Wildman–Crippen LogP) is 1.70. The summed E-state index contributed by atoms with van der Waals surface area (Å²) in [6, 6.07) is 7.71. The molecule has 0 amide bonds. The highest BCUT2D eigenvalue weighted by Crippen LogP contribution is 2.48. The SMILES string of the molecule is COC(=O)C1(c2ccc([B]OC(C)(C)C(C)(C)O)cc2)CC1. The van der Waals surface area contributed by atoms with E-state index in [0.29, 0.717) is 0 Å². The van der Waals surface area contributed by atoms with E-state index >= 15 is 0 Å². The molecule has 1 saturated carbocycles. The highest BCUT2D eigenvalue weighted by molar-refractivity contribution is 6.47. The number of methoxy groups -OCH3 is 1. The van der Waals surface area contributed by atoms with Crippen molar-refractivity contribution in [1.29, 1.82) is 0 Å². The maximum atomic E-state index is 11.9. The smallest absolute Gasteiger partial charge is 0.330 e. The Morgan fingerprint density at radius 3 is 2.14 bits per heavy atom. The van der Waals surface area contributed by atoms with Crippen LogP contribution in [0.15, 0.2) is 24.3 Å². The maximum Gasteiger partial charge on any atom is 0.330 e. The highest BCUT2D eigenvalue weighted by Gasteiger charge is 2.52. The van der Waals surface area contributed by atoms with E-state index in [9.17, 15) is 9.90 Å². The van der Waals surface area contributed by atoms with Gasteiger partial charge in [-0.1, -0.05) is 29.7 Å². The quantitative estimate of drug-likeness (QED) is 0.642. The predicted molar refractivity (Wildman–Crippen MR) is 86.2 cm³/mol. The Kier molecular flexibility index (Phi) is 4.42. The van der Waals surface area contributed by atoms with Crippen LogP contribution in [0.1, 0.15) is 46.1 Å². The Balaban J connectivity index is 2.03. The van der Waals surface area contributed by atoms with Crippen LogP contribution in [0.25, 0.3) is 0 Å². The Bertz CT molecular complexity index is 539. The standard InChI is InChI=1S/C17H24BO4/c1-15(2,20)16(3,4)22-18-13-8-6-12(7-9-13)17(10-11-17)14(19)21-5/h6-9,20H,10-11H2,1-5H3. The zero-order chi connectivity index (χ0) is 16.6. The van der Waals surface area contributed by atoms with Gasteiger partial charge in [-0.15, -0.1) is 0 Å². The number of hydrogen-bond acceptors (Lipinski definition) is 4. The van der Waals surface area contributed by atoms with Gasteiger partial charge in [-0.05, 0) is 46.1 Å². The summed E-state index contributed by atoms with van der Waals surface area (Å²) in [5.41, 5.74) is -0.220. The van der Waals surface area contributed by atoms with Crippen molar-refractivity contribution in [2.75, 3.05) is 7.11 Å². The summed E-state index contributed by atoms with van der Waals surface area (Å²) in [6.07, 6.45) is 1.68. The Hall–Kier alpha value is -1.33. The average molecular weight is 303 g/mol. The van der Waals surface area contributed by atoms with Crippen molar-refractivity contribution in [1.82, 2.24) is 0 Å². The van der Waals surface area contributed by atoms with Gasteiger partial charge in [0, 0.05) is 0 Å².